The number of nitrogens with one attached hydrogen (secondary N) is 1. The number of nitrogens with two attached hydrogens (primary N) is 1. The van der Waals surface area contributed by atoms with Crippen LogP contribution in [0.4, 0.5) is 10.8 Å². The predicted octanol–water partition coefficient (Wildman–Crippen LogP) is 2.48. The normalized spacial score (nSPS) is 12.0. The van der Waals surface area contributed by atoms with Gasteiger partial charge in [-0.1, -0.05) is 6.07 Å². The van der Waals surface area contributed by atoms with Crippen molar-refractivity contribution in [1.82, 2.24) is 4.98 Å². The molecule has 5 nitrogen and oxygen atoms in total. The number of anilines is 2. The molecule has 3 N–H and O–H groups in total. The third-order valence-corrected chi connectivity index (χ3v) is 3.61. The van der Waals surface area contributed by atoms with Crippen molar-refractivity contribution >= 4 is 28.1 Å². The average molecular weight is 290 g/mol. The van der Waals surface area contributed by atoms with Crippen molar-refractivity contribution in [3.8, 4) is 0 Å². The number of hydrogen-bond acceptors (Lipinski definition) is 5. The number of carbonyl (C=O) groups is 1. The molecular weight excluding hydrogens is 272 g/mol. The van der Waals surface area contributed by atoms with E-state index in [0.717, 1.165) is 11.4 Å². The van der Waals surface area contributed by atoms with Crippen LogP contribution in [0.5, 0.6) is 0 Å². The van der Waals surface area contributed by atoms with Gasteiger partial charge in [-0.2, -0.15) is 0 Å². The highest BCUT2D eigenvalue weighted by atomic mass is 32.1. The van der Waals surface area contributed by atoms with Gasteiger partial charge in [0.25, 0.3) is 5.91 Å². The van der Waals surface area contributed by atoms with Crippen molar-refractivity contribution in [2.75, 3.05) is 24.3 Å². The van der Waals surface area contributed by atoms with Crippen molar-refractivity contribution in [2.45, 2.75) is 13.0 Å². The number of nitrogens with zero attached hydrogens (tertiary/aromatic N) is 2. The Morgan fingerprint density at radius 1 is 1.45 bits per heavy atom. The lowest BCUT2D eigenvalue weighted by Gasteiger charge is -2.13. The Morgan fingerprint density at radius 3 is 2.80 bits per heavy atom. The fraction of sp³-hybridized carbons (Fsp3) is 0.286. The van der Waals surface area contributed by atoms with Crippen LogP contribution in [-0.2, 0) is 0 Å². The maximum Gasteiger partial charge on any atom is 0.257 e. The van der Waals surface area contributed by atoms with Crippen LogP contribution in [0.25, 0.3) is 0 Å². The van der Waals surface area contributed by atoms with Gasteiger partial charge in [-0.25, -0.2) is 4.98 Å². The first-order chi connectivity index (χ1) is 9.47. The minimum Gasteiger partial charge on any atom is -0.378 e. The molecule has 6 heteroatoms. The molecule has 1 amide bonds. The second-order valence-corrected chi connectivity index (χ2v) is 5.62. The minimum absolute atomic E-state index is 0.131. The van der Waals surface area contributed by atoms with Crippen molar-refractivity contribution in [3.63, 3.8) is 0 Å². The zero-order chi connectivity index (χ0) is 14.7. The van der Waals surface area contributed by atoms with Crippen LogP contribution in [0.15, 0.2) is 29.6 Å². The third kappa shape index (κ3) is 3.34. The van der Waals surface area contributed by atoms with Crippen LogP contribution >= 0.6 is 11.3 Å². The van der Waals surface area contributed by atoms with Gasteiger partial charge in [0.15, 0.2) is 5.13 Å². The van der Waals surface area contributed by atoms with Gasteiger partial charge in [0.2, 0.25) is 0 Å². The summed E-state index contributed by atoms with van der Waals surface area (Å²) in [4.78, 5) is 18.4. The van der Waals surface area contributed by atoms with Crippen LogP contribution in [0.3, 0.4) is 0 Å². The lowest BCUT2D eigenvalue weighted by atomic mass is 10.2. The molecule has 0 aliphatic carbocycles. The molecule has 0 bridgehead atoms. The third-order valence-electron chi connectivity index (χ3n) is 2.83. The Kier molecular flexibility index (Phi) is 4.36. The summed E-state index contributed by atoms with van der Waals surface area (Å²) in [6.45, 7) is 1.86. The zero-order valence-electron chi connectivity index (χ0n) is 11.8. The van der Waals surface area contributed by atoms with Crippen molar-refractivity contribution in [1.29, 1.82) is 0 Å². The molecule has 0 fully saturated rings. The number of carbonyl (C=O) groups excluding carboxylic acids is 1. The monoisotopic (exact) mass is 290 g/mol. The standard InChI is InChI=1S/C14H18N4OS/c1-9(15)12-8-20-14(16-12)17-13(19)10-5-4-6-11(7-10)18(2)3/h4-9H,15H2,1-3H3,(H,16,17,19). The summed E-state index contributed by atoms with van der Waals surface area (Å²) >= 11 is 1.38. The second-order valence-electron chi connectivity index (χ2n) is 4.77. The van der Waals surface area contributed by atoms with E-state index in [-0.39, 0.29) is 11.9 Å². The SMILES string of the molecule is CC(N)c1csc(NC(=O)c2cccc(N(C)C)c2)n1. The van der Waals surface area contributed by atoms with Crippen LogP contribution in [0, 0.1) is 0 Å². The van der Waals surface area contributed by atoms with E-state index in [1.54, 1.807) is 6.07 Å². The molecule has 0 aliphatic rings. The lowest BCUT2D eigenvalue weighted by Crippen LogP contribution is -2.14. The van der Waals surface area contributed by atoms with Gasteiger partial charge in [-0.15, -0.1) is 11.3 Å². The molecule has 1 aromatic heterocycles. The molecule has 20 heavy (non-hydrogen) atoms. The number of hydrogen-bond donors (Lipinski definition) is 2. The highest BCUT2D eigenvalue weighted by Crippen LogP contribution is 2.20. The summed E-state index contributed by atoms with van der Waals surface area (Å²) in [5, 5.41) is 5.22. The van der Waals surface area contributed by atoms with Crippen LogP contribution in [-0.4, -0.2) is 25.0 Å². The van der Waals surface area contributed by atoms with Gasteiger partial charge in [-0.05, 0) is 25.1 Å². The van der Waals surface area contributed by atoms with Crippen LogP contribution < -0.4 is 16.0 Å². The Balaban J connectivity index is 2.13. The van der Waals surface area contributed by atoms with E-state index in [0.29, 0.717) is 10.7 Å². The van der Waals surface area contributed by atoms with E-state index in [9.17, 15) is 4.79 Å². The number of rotatable bonds is 4. The zero-order valence-corrected chi connectivity index (χ0v) is 12.6. The van der Waals surface area contributed by atoms with Gasteiger partial charge in [0.05, 0.1) is 5.69 Å². The van der Waals surface area contributed by atoms with Crippen molar-refractivity contribution in [2.24, 2.45) is 5.73 Å². The average Bonchev–Trinajstić information content (AvgIpc) is 2.87. The molecule has 0 spiro atoms. The number of benzene rings is 1. The molecule has 0 saturated carbocycles. The Labute approximate surface area is 122 Å². The molecule has 1 aromatic carbocycles. The highest BCUT2D eigenvalue weighted by Gasteiger charge is 2.11. The molecule has 0 radical (unpaired) electrons. The minimum atomic E-state index is -0.167. The fourth-order valence-corrected chi connectivity index (χ4v) is 2.46. The first kappa shape index (κ1) is 14.5. The van der Waals surface area contributed by atoms with Gasteiger partial charge in [0, 0.05) is 36.8 Å². The number of aromatic nitrogens is 1. The Bertz CT molecular complexity index is 607. The lowest BCUT2D eigenvalue weighted by molar-refractivity contribution is 0.102. The van der Waals surface area contributed by atoms with Crippen LogP contribution in [0.2, 0.25) is 0 Å². The summed E-state index contributed by atoms with van der Waals surface area (Å²) in [5.74, 6) is -0.167. The maximum atomic E-state index is 12.2. The predicted molar refractivity (Wildman–Crippen MR) is 83.4 cm³/mol. The molecule has 2 rings (SSSR count). The quantitative estimate of drug-likeness (QED) is 0.907. The van der Waals surface area contributed by atoms with Crippen molar-refractivity contribution in [3.05, 3.63) is 40.9 Å². The Morgan fingerprint density at radius 2 is 2.20 bits per heavy atom. The van der Waals surface area contributed by atoms with E-state index in [1.807, 2.05) is 49.5 Å². The largest absolute Gasteiger partial charge is 0.378 e. The molecular formula is C14H18N4OS. The topological polar surface area (TPSA) is 71.2 Å². The van der Waals surface area contributed by atoms with Crippen molar-refractivity contribution < 1.29 is 4.79 Å². The summed E-state index contributed by atoms with van der Waals surface area (Å²) in [5.41, 5.74) is 8.12. The van der Waals surface area contributed by atoms with E-state index in [4.69, 9.17) is 5.73 Å². The summed E-state index contributed by atoms with van der Waals surface area (Å²) in [6.07, 6.45) is 0. The molecule has 1 unspecified atom stereocenters. The molecule has 106 valence electrons. The van der Waals surface area contributed by atoms with E-state index in [1.165, 1.54) is 11.3 Å². The molecule has 0 saturated heterocycles. The first-order valence-corrected chi connectivity index (χ1v) is 7.15. The molecule has 0 aliphatic heterocycles. The van der Waals surface area contributed by atoms with E-state index < -0.39 is 0 Å². The summed E-state index contributed by atoms with van der Waals surface area (Å²) < 4.78 is 0. The van der Waals surface area contributed by atoms with Crippen LogP contribution in [0.1, 0.15) is 29.0 Å². The fourth-order valence-electron chi connectivity index (χ4n) is 1.65. The molecule has 2 aromatic rings. The van der Waals surface area contributed by atoms with Gasteiger partial charge in [-0.3, -0.25) is 10.1 Å². The van der Waals surface area contributed by atoms with Gasteiger partial charge < -0.3 is 10.6 Å². The second kappa shape index (κ2) is 6.02. The Hall–Kier alpha value is -1.92. The van der Waals surface area contributed by atoms with Gasteiger partial charge >= 0.3 is 0 Å². The highest BCUT2D eigenvalue weighted by molar-refractivity contribution is 7.14. The van der Waals surface area contributed by atoms with Gasteiger partial charge in [0.1, 0.15) is 0 Å². The first-order valence-electron chi connectivity index (χ1n) is 6.27. The number of thiazole rings is 1. The summed E-state index contributed by atoms with van der Waals surface area (Å²) in [7, 11) is 3.87. The smallest absolute Gasteiger partial charge is 0.257 e. The van der Waals surface area contributed by atoms with E-state index >= 15 is 0 Å². The molecule has 1 atom stereocenters. The molecule has 1 heterocycles. The maximum absolute atomic E-state index is 12.2. The van der Waals surface area contributed by atoms with E-state index in [2.05, 4.69) is 10.3 Å². The number of amides is 1. The summed E-state index contributed by atoms with van der Waals surface area (Å²) in [6, 6.07) is 7.31.